The fraction of sp³-hybridized carbons (Fsp3) is 0.0345. The number of carbonyl (C=O) groups is 1. The zero-order valence-electron chi connectivity index (χ0n) is 19.6. The zero-order chi connectivity index (χ0) is 25.8. The van der Waals surface area contributed by atoms with E-state index in [1.54, 1.807) is 48.7 Å². The highest BCUT2D eigenvalue weighted by molar-refractivity contribution is 7.92. The summed E-state index contributed by atoms with van der Waals surface area (Å²) in [5, 5.41) is 8.47. The van der Waals surface area contributed by atoms with Crippen molar-refractivity contribution in [1.82, 2.24) is 5.43 Å². The third-order valence-electron chi connectivity index (χ3n) is 5.94. The molecule has 0 saturated heterocycles. The molecule has 37 heavy (non-hydrogen) atoms. The second-order valence-electron chi connectivity index (χ2n) is 8.30. The van der Waals surface area contributed by atoms with Gasteiger partial charge in [0.15, 0.2) is 0 Å². The second-order valence-corrected chi connectivity index (χ2v) is 10.6. The van der Waals surface area contributed by atoms with Gasteiger partial charge in [0, 0.05) is 5.56 Å². The fourth-order valence-corrected chi connectivity index (χ4v) is 5.94. The highest BCUT2D eigenvalue weighted by Crippen LogP contribution is 2.30. The van der Waals surface area contributed by atoms with E-state index in [1.807, 2.05) is 48.5 Å². The van der Waals surface area contributed by atoms with Crippen molar-refractivity contribution in [2.75, 3.05) is 10.8 Å². The number of nitrogens with zero attached hydrogens (tertiary/aromatic N) is 2. The maximum absolute atomic E-state index is 13.5. The molecule has 0 spiro atoms. The predicted octanol–water partition coefficient (Wildman–Crippen LogP) is 5.99. The lowest BCUT2D eigenvalue weighted by Crippen LogP contribution is -2.39. The maximum Gasteiger partial charge on any atom is 0.264 e. The third kappa shape index (κ3) is 5.05. The van der Waals surface area contributed by atoms with E-state index in [1.165, 1.54) is 12.1 Å². The van der Waals surface area contributed by atoms with Crippen LogP contribution in [0, 0.1) is 0 Å². The van der Waals surface area contributed by atoms with Crippen LogP contribution in [-0.4, -0.2) is 27.1 Å². The van der Waals surface area contributed by atoms with Gasteiger partial charge in [0.25, 0.3) is 15.9 Å². The molecule has 0 saturated carbocycles. The molecule has 0 fully saturated rings. The first-order valence-electron chi connectivity index (χ1n) is 11.5. The standard InChI is InChI=1S/C29H22ClN3O3S/c30-27-16-8-9-17-28(27)33(37(35,36)23-12-2-1-3-13-23)20-29(34)32-31-19-26-24-14-6-4-10-21(24)18-22-11-5-7-15-25(22)26/h1-19H,20H2,(H,32,34). The van der Waals surface area contributed by atoms with Crippen LogP contribution in [0.1, 0.15) is 5.56 Å². The van der Waals surface area contributed by atoms with Gasteiger partial charge < -0.3 is 0 Å². The Morgan fingerprint density at radius 2 is 1.38 bits per heavy atom. The SMILES string of the molecule is O=C(CN(c1ccccc1Cl)S(=O)(=O)c1ccccc1)NN=Cc1c2ccccc2cc2ccccc12. The lowest BCUT2D eigenvalue weighted by atomic mass is 9.97. The Bertz CT molecular complexity index is 1680. The van der Waals surface area contributed by atoms with Crippen LogP contribution in [0.3, 0.4) is 0 Å². The molecule has 0 heterocycles. The van der Waals surface area contributed by atoms with Crippen molar-refractivity contribution in [3.05, 3.63) is 120 Å². The van der Waals surface area contributed by atoms with Crippen LogP contribution in [-0.2, 0) is 14.8 Å². The number of para-hydroxylation sites is 1. The Balaban J connectivity index is 1.45. The Kier molecular flexibility index (Phi) is 6.90. The first-order valence-corrected chi connectivity index (χ1v) is 13.3. The maximum atomic E-state index is 13.5. The van der Waals surface area contributed by atoms with E-state index in [0.29, 0.717) is 0 Å². The average molecular weight is 528 g/mol. The number of hydrazone groups is 1. The van der Waals surface area contributed by atoms with Crippen molar-refractivity contribution >= 4 is 61.0 Å². The zero-order valence-corrected chi connectivity index (χ0v) is 21.2. The molecule has 0 aliphatic heterocycles. The van der Waals surface area contributed by atoms with Gasteiger partial charge in [0.2, 0.25) is 0 Å². The van der Waals surface area contributed by atoms with Crippen LogP contribution in [0.15, 0.2) is 119 Å². The molecule has 8 heteroatoms. The molecule has 0 atom stereocenters. The number of fused-ring (bicyclic) bond motifs is 2. The summed E-state index contributed by atoms with van der Waals surface area (Å²) in [6.07, 6.45) is 1.59. The number of nitrogens with one attached hydrogen (secondary N) is 1. The number of rotatable bonds is 7. The third-order valence-corrected chi connectivity index (χ3v) is 8.03. The smallest absolute Gasteiger partial charge is 0.264 e. The van der Waals surface area contributed by atoms with Gasteiger partial charge in [-0.1, -0.05) is 90.5 Å². The van der Waals surface area contributed by atoms with E-state index in [4.69, 9.17) is 11.6 Å². The number of anilines is 1. The van der Waals surface area contributed by atoms with Gasteiger partial charge in [-0.25, -0.2) is 13.8 Å². The number of sulfonamides is 1. The Morgan fingerprint density at radius 1 is 0.811 bits per heavy atom. The highest BCUT2D eigenvalue weighted by Gasteiger charge is 2.28. The van der Waals surface area contributed by atoms with Crippen molar-refractivity contribution in [1.29, 1.82) is 0 Å². The Morgan fingerprint density at radius 3 is 2.03 bits per heavy atom. The molecule has 0 aliphatic carbocycles. The molecular formula is C29H22ClN3O3S. The summed E-state index contributed by atoms with van der Waals surface area (Å²) in [6, 6.07) is 32.4. The molecule has 0 aliphatic rings. The van der Waals surface area contributed by atoms with Crippen LogP contribution in [0.5, 0.6) is 0 Å². The summed E-state index contributed by atoms with van der Waals surface area (Å²) in [4.78, 5) is 13.0. The van der Waals surface area contributed by atoms with Crippen LogP contribution in [0.4, 0.5) is 5.69 Å². The van der Waals surface area contributed by atoms with Gasteiger partial charge in [-0.2, -0.15) is 5.10 Å². The highest BCUT2D eigenvalue weighted by atomic mass is 35.5. The normalized spacial score (nSPS) is 11.7. The fourth-order valence-electron chi connectivity index (χ4n) is 4.20. The lowest BCUT2D eigenvalue weighted by Gasteiger charge is -2.24. The number of hydrogen-bond donors (Lipinski definition) is 1. The molecule has 0 radical (unpaired) electrons. The lowest BCUT2D eigenvalue weighted by molar-refractivity contribution is -0.119. The molecule has 184 valence electrons. The molecule has 6 nitrogen and oxygen atoms in total. The van der Waals surface area contributed by atoms with Gasteiger partial charge in [-0.3, -0.25) is 9.10 Å². The first kappa shape index (κ1) is 24.5. The molecule has 5 aromatic carbocycles. The summed E-state index contributed by atoms with van der Waals surface area (Å²) < 4.78 is 27.9. The summed E-state index contributed by atoms with van der Waals surface area (Å²) in [5.41, 5.74) is 3.54. The largest absolute Gasteiger partial charge is 0.271 e. The number of benzene rings is 5. The first-order chi connectivity index (χ1) is 17.9. The molecule has 0 aromatic heterocycles. The van der Waals surface area contributed by atoms with E-state index >= 15 is 0 Å². The van der Waals surface area contributed by atoms with E-state index in [9.17, 15) is 13.2 Å². The molecule has 1 amide bonds. The van der Waals surface area contributed by atoms with Crippen LogP contribution in [0.2, 0.25) is 5.02 Å². The van der Waals surface area contributed by atoms with Gasteiger partial charge >= 0.3 is 0 Å². The minimum atomic E-state index is -4.07. The number of carbonyl (C=O) groups excluding carboxylic acids is 1. The minimum absolute atomic E-state index is 0.0495. The van der Waals surface area contributed by atoms with Gasteiger partial charge in [-0.05, 0) is 51.9 Å². The molecule has 5 aromatic rings. The molecular weight excluding hydrogens is 506 g/mol. The van der Waals surface area contributed by atoms with Crippen LogP contribution in [0.25, 0.3) is 21.5 Å². The average Bonchev–Trinajstić information content (AvgIpc) is 2.92. The topological polar surface area (TPSA) is 78.8 Å². The predicted molar refractivity (Wildman–Crippen MR) is 150 cm³/mol. The van der Waals surface area contributed by atoms with E-state index in [2.05, 4.69) is 16.6 Å². The Labute approximate surface area is 219 Å². The molecule has 1 N–H and O–H groups in total. The van der Waals surface area contributed by atoms with Gasteiger partial charge in [0.1, 0.15) is 6.54 Å². The van der Waals surface area contributed by atoms with Crippen molar-refractivity contribution in [3.8, 4) is 0 Å². The second kappa shape index (κ2) is 10.4. The van der Waals surface area contributed by atoms with E-state index in [0.717, 1.165) is 31.4 Å². The summed E-state index contributed by atoms with van der Waals surface area (Å²) >= 11 is 6.32. The van der Waals surface area contributed by atoms with Crippen LogP contribution < -0.4 is 9.73 Å². The number of halogens is 1. The number of hydrogen-bond acceptors (Lipinski definition) is 4. The van der Waals surface area contributed by atoms with E-state index in [-0.39, 0.29) is 15.6 Å². The summed E-state index contributed by atoms with van der Waals surface area (Å²) in [7, 11) is -4.07. The van der Waals surface area contributed by atoms with Gasteiger partial charge in [-0.15, -0.1) is 0 Å². The number of amides is 1. The molecule has 0 bridgehead atoms. The quantitative estimate of drug-likeness (QED) is 0.160. The van der Waals surface area contributed by atoms with Crippen molar-refractivity contribution in [3.63, 3.8) is 0 Å². The molecule has 0 unspecified atom stereocenters. The monoisotopic (exact) mass is 527 g/mol. The Hall–Kier alpha value is -4.20. The summed E-state index contributed by atoms with van der Waals surface area (Å²) in [5.74, 6) is -0.611. The van der Waals surface area contributed by atoms with E-state index < -0.39 is 22.5 Å². The minimum Gasteiger partial charge on any atom is -0.271 e. The summed E-state index contributed by atoms with van der Waals surface area (Å²) in [6.45, 7) is -0.505. The van der Waals surface area contributed by atoms with Crippen molar-refractivity contribution in [2.24, 2.45) is 5.10 Å². The van der Waals surface area contributed by atoms with Crippen molar-refractivity contribution in [2.45, 2.75) is 4.90 Å². The van der Waals surface area contributed by atoms with Crippen LogP contribution >= 0.6 is 11.6 Å². The van der Waals surface area contributed by atoms with Crippen molar-refractivity contribution < 1.29 is 13.2 Å². The molecule has 5 rings (SSSR count). The van der Waals surface area contributed by atoms with Gasteiger partial charge in [0.05, 0.1) is 21.8 Å².